The van der Waals surface area contributed by atoms with E-state index in [0.29, 0.717) is 5.89 Å². The smallest absolute Gasteiger partial charge is 0.227 e. The number of hydrogen-bond acceptors (Lipinski definition) is 5. The Morgan fingerprint density at radius 3 is 3.00 bits per heavy atom. The van der Waals surface area contributed by atoms with Gasteiger partial charge in [-0.15, -0.1) is 0 Å². The van der Waals surface area contributed by atoms with Crippen LogP contribution >= 0.6 is 11.8 Å². The Hall–Kier alpha value is -1.49. The van der Waals surface area contributed by atoms with E-state index in [9.17, 15) is 0 Å². The standard InChI is InChI=1S/C14H19N3OS/c1-2-8-19-10-13-16-14(18-17-13)7-6-11-4-3-5-12(15)9-11/h3-5,9H,2,6-8,10,15H2,1H3. The minimum absolute atomic E-state index is 0.703. The molecule has 2 aromatic rings. The molecular weight excluding hydrogens is 258 g/mol. The number of nitrogens with two attached hydrogens (primary N) is 1. The molecule has 0 radical (unpaired) electrons. The van der Waals surface area contributed by atoms with E-state index in [0.717, 1.165) is 35.9 Å². The fourth-order valence-electron chi connectivity index (χ4n) is 1.76. The second-order valence-electron chi connectivity index (χ2n) is 4.40. The average Bonchev–Trinajstić information content (AvgIpc) is 2.85. The van der Waals surface area contributed by atoms with E-state index in [4.69, 9.17) is 10.3 Å². The maximum atomic E-state index is 5.75. The van der Waals surface area contributed by atoms with Crippen molar-refractivity contribution >= 4 is 17.4 Å². The SMILES string of the molecule is CCCSCc1noc(CCc2cccc(N)c2)n1. The van der Waals surface area contributed by atoms with Gasteiger partial charge in [0.05, 0.1) is 5.75 Å². The van der Waals surface area contributed by atoms with Crippen LogP contribution in [-0.2, 0) is 18.6 Å². The fraction of sp³-hybridized carbons (Fsp3) is 0.429. The molecule has 1 aromatic heterocycles. The number of nitrogens with zero attached hydrogens (tertiary/aromatic N) is 2. The van der Waals surface area contributed by atoms with Crippen molar-refractivity contribution in [2.24, 2.45) is 0 Å². The molecule has 0 unspecified atom stereocenters. The first kappa shape index (κ1) is 13.9. The lowest BCUT2D eigenvalue weighted by Crippen LogP contribution is -1.94. The highest BCUT2D eigenvalue weighted by atomic mass is 32.2. The molecule has 0 spiro atoms. The summed E-state index contributed by atoms with van der Waals surface area (Å²) >= 11 is 1.83. The monoisotopic (exact) mass is 277 g/mol. The third-order valence-corrected chi connectivity index (χ3v) is 3.83. The Bertz CT molecular complexity index is 513. The molecule has 0 aliphatic heterocycles. The first-order valence-electron chi connectivity index (χ1n) is 6.51. The first-order valence-corrected chi connectivity index (χ1v) is 7.67. The van der Waals surface area contributed by atoms with Gasteiger partial charge < -0.3 is 10.3 Å². The normalized spacial score (nSPS) is 10.8. The Morgan fingerprint density at radius 2 is 2.21 bits per heavy atom. The van der Waals surface area contributed by atoms with Gasteiger partial charge in [0.1, 0.15) is 0 Å². The summed E-state index contributed by atoms with van der Waals surface area (Å²) in [5.41, 5.74) is 7.73. The molecule has 0 aliphatic carbocycles. The van der Waals surface area contributed by atoms with Gasteiger partial charge in [0, 0.05) is 12.1 Å². The van der Waals surface area contributed by atoms with Crippen LogP contribution in [-0.4, -0.2) is 15.9 Å². The molecule has 0 saturated carbocycles. The number of hydrogen-bond donors (Lipinski definition) is 1. The van der Waals surface area contributed by atoms with Gasteiger partial charge in [-0.25, -0.2) is 0 Å². The summed E-state index contributed by atoms with van der Waals surface area (Å²) in [6.07, 6.45) is 2.80. The van der Waals surface area contributed by atoms with Crippen molar-refractivity contribution in [2.75, 3.05) is 11.5 Å². The minimum Gasteiger partial charge on any atom is -0.399 e. The lowest BCUT2D eigenvalue weighted by atomic mass is 10.1. The molecule has 19 heavy (non-hydrogen) atoms. The Balaban J connectivity index is 1.83. The molecule has 0 saturated heterocycles. The molecule has 2 N–H and O–H groups in total. The van der Waals surface area contributed by atoms with Gasteiger partial charge in [-0.05, 0) is 36.3 Å². The van der Waals surface area contributed by atoms with E-state index in [1.165, 1.54) is 12.0 Å². The largest absolute Gasteiger partial charge is 0.399 e. The van der Waals surface area contributed by atoms with Crippen LogP contribution in [0.1, 0.15) is 30.6 Å². The second-order valence-corrected chi connectivity index (χ2v) is 5.51. The number of rotatable bonds is 7. The molecule has 0 amide bonds. The summed E-state index contributed by atoms with van der Waals surface area (Å²) in [6, 6.07) is 7.89. The van der Waals surface area contributed by atoms with Gasteiger partial charge in [0.2, 0.25) is 5.89 Å². The predicted molar refractivity (Wildman–Crippen MR) is 79.0 cm³/mol. The van der Waals surface area contributed by atoms with Gasteiger partial charge in [0.15, 0.2) is 5.82 Å². The molecule has 102 valence electrons. The van der Waals surface area contributed by atoms with Gasteiger partial charge in [-0.2, -0.15) is 16.7 Å². The maximum absolute atomic E-state index is 5.75. The van der Waals surface area contributed by atoms with Crippen molar-refractivity contribution in [1.82, 2.24) is 10.1 Å². The molecule has 0 bridgehead atoms. The van der Waals surface area contributed by atoms with Gasteiger partial charge in [-0.3, -0.25) is 0 Å². The average molecular weight is 277 g/mol. The summed E-state index contributed by atoms with van der Waals surface area (Å²) < 4.78 is 5.24. The number of nitrogen functional groups attached to an aromatic ring is 1. The van der Waals surface area contributed by atoms with Gasteiger partial charge >= 0.3 is 0 Å². The third-order valence-electron chi connectivity index (χ3n) is 2.67. The van der Waals surface area contributed by atoms with Gasteiger partial charge in [-0.1, -0.05) is 24.2 Å². The number of aromatic nitrogens is 2. The van der Waals surface area contributed by atoms with E-state index in [1.807, 2.05) is 30.0 Å². The summed E-state index contributed by atoms with van der Waals surface area (Å²) in [5.74, 6) is 3.46. The zero-order chi connectivity index (χ0) is 13.5. The van der Waals surface area contributed by atoms with Crippen LogP contribution in [0, 0.1) is 0 Å². The lowest BCUT2D eigenvalue weighted by Gasteiger charge is -1.99. The second kappa shape index (κ2) is 7.19. The van der Waals surface area contributed by atoms with E-state index >= 15 is 0 Å². The Morgan fingerprint density at radius 1 is 1.32 bits per heavy atom. The van der Waals surface area contributed by atoms with E-state index in [1.54, 1.807) is 0 Å². The number of benzene rings is 1. The maximum Gasteiger partial charge on any atom is 0.227 e. The highest BCUT2D eigenvalue weighted by molar-refractivity contribution is 7.98. The summed E-state index contributed by atoms with van der Waals surface area (Å²) in [4.78, 5) is 4.39. The minimum atomic E-state index is 0.703. The molecule has 5 heteroatoms. The van der Waals surface area contributed by atoms with Crippen LogP contribution in [0.15, 0.2) is 28.8 Å². The molecule has 0 atom stereocenters. The quantitative estimate of drug-likeness (QED) is 0.622. The van der Waals surface area contributed by atoms with Crippen LogP contribution in [0.5, 0.6) is 0 Å². The highest BCUT2D eigenvalue weighted by Crippen LogP contribution is 2.12. The highest BCUT2D eigenvalue weighted by Gasteiger charge is 2.06. The summed E-state index contributed by atoms with van der Waals surface area (Å²) in [7, 11) is 0. The zero-order valence-electron chi connectivity index (χ0n) is 11.1. The molecular formula is C14H19N3OS. The molecule has 2 rings (SSSR count). The third kappa shape index (κ3) is 4.59. The molecule has 0 fully saturated rings. The van der Waals surface area contributed by atoms with Crippen LogP contribution < -0.4 is 5.73 Å². The molecule has 4 nitrogen and oxygen atoms in total. The lowest BCUT2D eigenvalue weighted by molar-refractivity contribution is 0.374. The van der Waals surface area contributed by atoms with Gasteiger partial charge in [0.25, 0.3) is 0 Å². The molecule has 1 aromatic carbocycles. The van der Waals surface area contributed by atoms with Crippen LogP contribution in [0.25, 0.3) is 0 Å². The van der Waals surface area contributed by atoms with Crippen molar-refractivity contribution in [3.8, 4) is 0 Å². The van der Waals surface area contributed by atoms with Crippen molar-refractivity contribution in [3.05, 3.63) is 41.5 Å². The molecule has 0 aliphatic rings. The van der Waals surface area contributed by atoms with Crippen molar-refractivity contribution in [1.29, 1.82) is 0 Å². The van der Waals surface area contributed by atoms with Crippen LogP contribution in [0.3, 0.4) is 0 Å². The first-order chi connectivity index (χ1) is 9.28. The number of aryl methyl sites for hydroxylation is 2. The zero-order valence-corrected chi connectivity index (χ0v) is 11.9. The van der Waals surface area contributed by atoms with E-state index < -0.39 is 0 Å². The number of thioether (sulfide) groups is 1. The van der Waals surface area contributed by atoms with Crippen molar-refractivity contribution < 1.29 is 4.52 Å². The van der Waals surface area contributed by atoms with E-state index in [-0.39, 0.29) is 0 Å². The molecule has 1 heterocycles. The topological polar surface area (TPSA) is 64.9 Å². The Labute approximate surface area is 117 Å². The van der Waals surface area contributed by atoms with E-state index in [2.05, 4.69) is 23.1 Å². The Kier molecular flexibility index (Phi) is 5.27. The summed E-state index contributed by atoms with van der Waals surface area (Å²) in [6.45, 7) is 2.17. The predicted octanol–water partition coefficient (Wildman–Crippen LogP) is 3.08. The van der Waals surface area contributed by atoms with Crippen molar-refractivity contribution in [2.45, 2.75) is 31.9 Å². The fourth-order valence-corrected chi connectivity index (χ4v) is 2.49. The number of anilines is 1. The van der Waals surface area contributed by atoms with Crippen molar-refractivity contribution in [3.63, 3.8) is 0 Å². The van der Waals surface area contributed by atoms with Crippen LogP contribution in [0.2, 0.25) is 0 Å². The van der Waals surface area contributed by atoms with Crippen LogP contribution in [0.4, 0.5) is 5.69 Å². The summed E-state index contributed by atoms with van der Waals surface area (Å²) in [5, 5.41) is 3.99.